The summed E-state index contributed by atoms with van der Waals surface area (Å²) in [6.07, 6.45) is 0. The molecule has 0 amide bonds. The molecular weight excluding hydrogens is 516 g/mol. The molecule has 0 nitrogen and oxygen atoms in total. The number of hydrogen-bond acceptors (Lipinski definition) is 0. The molecule has 3 aromatic carbocycles. The Morgan fingerprint density at radius 3 is 0.977 bits per heavy atom. The first kappa shape index (κ1) is 38.7. The van der Waals surface area contributed by atoms with E-state index in [1.165, 1.54) is 50.1 Å². The average Bonchev–Trinajstić information content (AvgIpc) is 2.81. The highest BCUT2D eigenvalue weighted by molar-refractivity contribution is 5.44. The van der Waals surface area contributed by atoms with Gasteiger partial charge in [0.15, 0.2) is 0 Å². The highest BCUT2D eigenvalue weighted by Gasteiger charge is 2.24. The van der Waals surface area contributed by atoms with E-state index in [9.17, 15) is 0 Å². The van der Waals surface area contributed by atoms with Gasteiger partial charge in [-0.15, -0.1) is 0 Å². The van der Waals surface area contributed by atoms with Crippen LogP contribution in [0.2, 0.25) is 0 Å². The Balaban J connectivity index is 0.000000324. The largest absolute Gasteiger partial charge is 0.0617 e. The van der Waals surface area contributed by atoms with Crippen LogP contribution >= 0.6 is 0 Å². The lowest BCUT2D eigenvalue weighted by molar-refractivity contribution is 0.564. The van der Waals surface area contributed by atoms with Crippen molar-refractivity contribution in [2.24, 2.45) is 0 Å². The van der Waals surface area contributed by atoms with Crippen LogP contribution in [-0.4, -0.2) is 0 Å². The van der Waals surface area contributed by atoms with E-state index in [1.807, 2.05) is 0 Å². The van der Waals surface area contributed by atoms with Crippen LogP contribution in [-0.2, 0) is 16.2 Å². The first-order valence-corrected chi connectivity index (χ1v) is 16.7. The Hall–Kier alpha value is -2.34. The van der Waals surface area contributed by atoms with Crippen LogP contribution in [0.25, 0.3) is 0 Å². The summed E-state index contributed by atoms with van der Waals surface area (Å²) < 4.78 is 0. The van der Waals surface area contributed by atoms with Gasteiger partial charge in [0, 0.05) is 0 Å². The maximum Gasteiger partial charge on any atom is -0.0126 e. The molecule has 0 radical (unpaired) electrons. The second kappa shape index (κ2) is 15.1. The van der Waals surface area contributed by atoms with Crippen molar-refractivity contribution in [2.75, 3.05) is 0 Å². The number of aryl methyl sites for hydroxylation is 4. The van der Waals surface area contributed by atoms with Crippen LogP contribution in [0.3, 0.4) is 0 Å². The van der Waals surface area contributed by atoms with Crippen LogP contribution in [0.5, 0.6) is 0 Å². The van der Waals surface area contributed by atoms with Crippen molar-refractivity contribution in [3.63, 3.8) is 0 Å². The van der Waals surface area contributed by atoms with E-state index >= 15 is 0 Å². The van der Waals surface area contributed by atoms with Gasteiger partial charge in [-0.05, 0) is 112 Å². The summed E-state index contributed by atoms with van der Waals surface area (Å²) in [4.78, 5) is 0. The van der Waals surface area contributed by atoms with Crippen molar-refractivity contribution in [1.82, 2.24) is 0 Å². The van der Waals surface area contributed by atoms with Gasteiger partial charge in [-0.1, -0.05) is 158 Å². The molecule has 3 aromatic rings. The van der Waals surface area contributed by atoms with Gasteiger partial charge in [0.2, 0.25) is 0 Å². The molecule has 0 aromatic heterocycles. The molecule has 0 N–H and O–H groups in total. The zero-order valence-electron chi connectivity index (χ0n) is 31.9. The molecule has 0 fully saturated rings. The van der Waals surface area contributed by atoms with E-state index in [4.69, 9.17) is 0 Å². The zero-order valence-corrected chi connectivity index (χ0v) is 31.9. The molecule has 3 rings (SSSR count). The fraction of sp³-hybridized carbons (Fsp3) is 0.581. The van der Waals surface area contributed by atoms with Crippen molar-refractivity contribution in [1.29, 1.82) is 0 Å². The maximum atomic E-state index is 2.32. The second-order valence-electron chi connectivity index (χ2n) is 16.8. The first-order valence-electron chi connectivity index (χ1n) is 16.7. The van der Waals surface area contributed by atoms with E-state index in [0.29, 0.717) is 17.8 Å². The molecule has 43 heavy (non-hydrogen) atoms. The third-order valence-corrected chi connectivity index (χ3v) is 8.23. The lowest BCUT2D eigenvalue weighted by atomic mass is 9.75. The van der Waals surface area contributed by atoms with Crippen molar-refractivity contribution in [2.45, 2.75) is 166 Å². The second-order valence-corrected chi connectivity index (χ2v) is 16.8. The lowest BCUT2D eigenvalue weighted by Gasteiger charge is -2.29. The molecular formula is C43H68. The molecule has 0 atom stereocenters. The summed E-state index contributed by atoms with van der Waals surface area (Å²) in [5.41, 5.74) is 15.5. The molecule has 0 aliphatic heterocycles. The molecule has 0 saturated heterocycles. The van der Waals surface area contributed by atoms with Crippen LogP contribution in [0.1, 0.15) is 177 Å². The van der Waals surface area contributed by atoms with E-state index in [0.717, 1.165) is 0 Å². The lowest BCUT2D eigenvalue weighted by Crippen LogP contribution is -2.18. The summed E-state index contributed by atoms with van der Waals surface area (Å²) in [5.74, 6) is 1.82. The molecule has 0 heteroatoms. The minimum absolute atomic E-state index is 0.237. The maximum absolute atomic E-state index is 2.32. The highest BCUT2D eigenvalue weighted by Crippen LogP contribution is 2.36. The van der Waals surface area contributed by atoms with E-state index in [1.54, 1.807) is 5.56 Å². The van der Waals surface area contributed by atoms with Gasteiger partial charge in [0.25, 0.3) is 0 Å². The van der Waals surface area contributed by atoms with Crippen molar-refractivity contribution < 1.29 is 0 Å². The van der Waals surface area contributed by atoms with Gasteiger partial charge < -0.3 is 0 Å². The van der Waals surface area contributed by atoms with Gasteiger partial charge >= 0.3 is 0 Å². The summed E-state index contributed by atoms with van der Waals surface area (Å²) in [7, 11) is 0. The highest BCUT2D eigenvalue weighted by atomic mass is 14.3. The van der Waals surface area contributed by atoms with Crippen LogP contribution in [0, 0.1) is 27.7 Å². The fourth-order valence-electron chi connectivity index (χ4n) is 6.98. The van der Waals surface area contributed by atoms with Gasteiger partial charge in [-0.25, -0.2) is 0 Å². The Morgan fingerprint density at radius 2 is 0.698 bits per heavy atom. The summed E-state index contributed by atoms with van der Waals surface area (Å²) >= 11 is 0. The van der Waals surface area contributed by atoms with Crippen molar-refractivity contribution in [3.05, 3.63) is 104 Å². The fourth-order valence-corrected chi connectivity index (χ4v) is 6.98. The normalized spacial score (nSPS) is 12.2. The molecule has 240 valence electrons. The minimum Gasteiger partial charge on any atom is -0.0617 e. The topological polar surface area (TPSA) is 0 Å². The molecule has 0 bridgehead atoms. The standard InChI is InChI=1S/C16H26.C14H22.C13H20/c1-11(2)13-9-8-10-14(12(3)4)15(13)16(5,6)7;1-10(2)12-9-7-8-11(3)13(12)14(4,5)6;1-9-7-10(2)12(11(3)8-9)13(4,5)6/h8-12H,1-7H3;7-10H,1-6H3;7-8H,1-6H3. The molecule has 0 aliphatic carbocycles. The van der Waals surface area contributed by atoms with Gasteiger partial charge in [0.1, 0.15) is 0 Å². The Morgan fingerprint density at radius 1 is 0.395 bits per heavy atom. The first-order chi connectivity index (χ1) is 19.4. The summed E-state index contributed by atoms with van der Waals surface area (Å²) in [6.45, 7) is 43.1. The van der Waals surface area contributed by atoms with E-state index in [2.05, 4.69) is 180 Å². The van der Waals surface area contributed by atoms with Crippen LogP contribution in [0.4, 0.5) is 0 Å². The third-order valence-electron chi connectivity index (χ3n) is 8.23. The summed E-state index contributed by atoms with van der Waals surface area (Å²) in [6, 6.07) is 18.0. The quantitative estimate of drug-likeness (QED) is 0.287. The van der Waals surface area contributed by atoms with E-state index in [-0.39, 0.29) is 16.2 Å². The van der Waals surface area contributed by atoms with Crippen LogP contribution < -0.4 is 0 Å². The molecule has 0 spiro atoms. The smallest absolute Gasteiger partial charge is 0.0126 e. The SMILES string of the molecule is CC(C)c1cccc(C(C)C)c1C(C)(C)C.Cc1cc(C)c(C(C)(C)C)c(C)c1.Cc1cccc(C(C)C)c1C(C)(C)C. The van der Waals surface area contributed by atoms with Gasteiger partial charge in [-0.2, -0.15) is 0 Å². The third kappa shape index (κ3) is 11.0. The number of hydrogen-bond donors (Lipinski definition) is 0. The van der Waals surface area contributed by atoms with Crippen molar-refractivity contribution >= 4 is 0 Å². The molecule has 0 aliphatic rings. The van der Waals surface area contributed by atoms with Gasteiger partial charge in [-0.3, -0.25) is 0 Å². The monoisotopic (exact) mass is 585 g/mol. The molecule has 0 unspecified atom stereocenters. The Bertz CT molecular complexity index is 1260. The summed E-state index contributed by atoms with van der Waals surface area (Å²) in [5, 5.41) is 0. The van der Waals surface area contributed by atoms with Crippen molar-refractivity contribution in [3.8, 4) is 0 Å². The predicted molar refractivity (Wildman–Crippen MR) is 197 cm³/mol. The van der Waals surface area contributed by atoms with Crippen LogP contribution in [0.15, 0.2) is 48.5 Å². The Kier molecular flexibility index (Phi) is 13.6. The average molecular weight is 585 g/mol. The molecule has 0 heterocycles. The predicted octanol–water partition coefficient (Wildman–Crippen LogP) is 13.6. The van der Waals surface area contributed by atoms with E-state index < -0.39 is 0 Å². The molecule has 0 saturated carbocycles. The van der Waals surface area contributed by atoms with Gasteiger partial charge in [0.05, 0.1) is 0 Å². The zero-order chi connectivity index (χ0) is 33.7. The Labute approximate surface area is 269 Å². The number of benzene rings is 3. The minimum atomic E-state index is 0.237. The number of rotatable bonds is 3.